The molecule has 0 bridgehead atoms. The first kappa shape index (κ1) is 13.4. The molecule has 0 aliphatic heterocycles. The highest BCUT2D eigenvalue weighted by Crippen LogP contribution is 2.36. The maximum Gasteiger partial charge on any atom is 0.145 e. The zero-order chi connectivity index (χ0) is 15.0. The van der Waals surface area contributed by atoms with Gasteiger partial charge in [-0.05, 0) is 31.0 Å². The molecule has 0 radical (unpaired) electrons. The van der Waals surface area contributed by atoms with Crippen molar-refractivity contribution in [2.24, 2.45) is 0 Å². The molecular formula is C18H18N2O. The number of benzene rings is 2. The van der Waals surface area contributed by atoms with Gasteiger partial charge in [-0.2, -0.15) is 0 Å². The largest absolute Gasteiger partial charge is 0.494 e. The molecule has 0 saturated carbocycles. The topological polar surface area (TPSA) is 48.1 Å². The second-order valence-electron chi connectivity index (χ2n) is 5.17. The number of pyridine rings is 1. The Kier molecular flexibility index (Phi) is 3.26. The monoisotopic (exact) mass is 278 g/mol. The van der Waals surface area contributed by atoms with E-state index in [1.165, 1.54) is 0 Å². The number of nitrogen functional groups attached to an aromatic ring is 1. The molecule has 0 aliphatic rings. The van der Waals surface area contributed by atoms with Crippen molar-refractivity contribution in [3.63, 3.8) is 0 Å². The third kappa shape index (κ3) is 2.11. The molecule has 2 aromatic carbocycles. The number of aromatic nitrogens is 1. The van der Waals surface area contributed by atoms with E-state index in [4.69, 9.17) is 15.5 Å². The molecule has 21 heavy (non-hydrogen) atoms. The fraction of sp³-hybridized carbons (Fsp3) is 0.167. The van der Waals surface area contributed by atoms with Gasteiger partial charge in [0.25, 0.3) is 0 Å². The van der Waals surface area contributed by atoms with Crippen molar-refractivity contribution in [1.82, 2.24) is 4.98 Å². The maximum absolute atomic E-state index is 6.39. The van der Waals surface area contributed by atoms with Crippen LogP contribution in [0.5, 0.6) is 5.75 Å². The normalized spacial score (nSPS) is 10.8. The van der Waals surface area contributed by atoms with Gasteiger partial charge < -0.3 is 10.5 Å². The molecule has 3 aromatic rings. The zero-order valence-electron chi connectivity index (χ0n) is 12.5. The highest BCUT2D eigenvalue weighted by atomic mass is 16.5. The molecular weight excluding hydrogens is 260 g/mol. The summed E-state index contributed by atoms with van der Waals surface area (Å²) in [5.74, 6) is 0.750. The van der Waals surface area contributed by atoms with Crippen LogP contribution in [0.3, 0.4) is 0 Å². The number of nitrogens with zero attached hydrogens (tertiary/aromatic N) is 1. The molecule has 1 aromatic heterocycles. The molecule has 0 amide bonds. The van der Waals surface area contributed by atoms with Crippen molar-refractivity contribution in [1.29, 1.82) is 0 Å². The SMILES string of the molecule is COc1ccc(C)c2c(N)c(C)c(-c3ccccc3)nc12. The van der Waals surface area contributed by atoms with Crippen LogP contribution in [0.2, 0.25) is 0 Å². The first-order valence-corrected chi connectivity index (χ1v) is 6.92. The number of anilines is 1. The van der Waals surface area contributed by atoms with Crippen molar-refractivity contribution in [3.8, 4) is 17.0 Å². The van der Waals surface area contributed by atoms with Gasteiger partial charge in [-0.25, -0.2) is 4.98 Å². The van der Waals surface area contributed by atoms with E-state index in [1.807, 2.05) is 56.3 Å². The van der Waals surface area contributed by atoms with Gasteiger partial charge in [0.1, 0.15) is 11.3 Å². The Hall–Kier alpha value is -2.55. The predicted molar refractivity (Wildman–Crippen MR) is 87.6 cm³/mol. The number of hydrogen-bond donors (Lipinski definition) is 1. The standard InChI is InChI=1S/C18H18N2O/c1-11-9-10-14(21-3)18-15(11)16(19)12(2)17(20-18)13-7-5-4-6-8-13/h4-10H,1-3H3,(H2,19,20). The summed E-state index contributed by atoms with van der Waals surface area (Å²) in [6.45, 7) is 4.06. The van der Waals surface area contributed by atoms with Gasteiger partial charge in [0.15, 0.2) is 0 Å². The lowest BCUT2D eigenvalue weighted by Gasteiger charge is -2.15. The van der Waals surface area contributed by atoms with Gasteiger partial charge in [-0.3, -0.25) is 0 Å². The first-order chi connectivity index (χ1) is 10.1. The lowest BCUT2D eigenvalue weighted by molar-refractivity contribution is 0.419. The molecule has 3 nitrogen and oxygen atoms in total. The van der Waals surface area contributed by atoms with Crippen molar-refractivity contribution >= 4 is 16.6 Å². The molecule has 0 atom stereocenters. The fourth-order valence-electron chi connectivity index (χ4n) is 2.68. The van der Waals surface area contributed by atoms with E-state index in [2.05, 4.69) is 0 Å². The number of aryl methyl sites for hydroxylation is 1. The summed E-state index contributed by atoms with van der Waals surface area (Å²) in [7, 11) is 1.66. The summed E-state index contributed by atoms with van der Waals surface area (Å²) in [5, 5.41) is 0.978. The summed E-state index contributed by atoms with van der Waals surface area (Å²) >= 11 is 0. The minimum atomic E-state index is 0.750. The van der Waals surface area contributed by atoms with Crippen molar-refractivity contribution in [3.05, 3.63) is 53.6 Å². The molecule has 3 rings (SSSR count). The number of hydrogen-bond acceptors (Lipinski definition) is 3. The van der Waals surface area contributed by atoms with Gasteiger partial charge in [0.2, 0.25) is 0 Å². The van der Waals surface area contributed by atoms with E-state index in [1.54, 1.807) is 7.11 Å². The smallest absolute Gasteiger partial charge is 0.145 e. The van der Waals surface area contributed by atoms with Crippen LogP contribution in [0.25, 0.3) is 22.2 Å². The first-order valence-electron chi connectivity index (χ1n) is 6.92. The van der Waals surface area contributed by atoms with Crippen LogP contribution in [-0.4, -0.2) is 12.1 Å². The minimum absolute atomic E-state index is 0.750. The van der Waals surface area contributed by atoms with Crippen LogP contribution in [-0.2, 0) is 0 Å². The van der Waals surface area contributed by atoms with Crippen LogP contribution in [0.1, 0.15) is 11.1 Å². The Morgan fingerprint density at radius 3 is 2.38 bits per heavy atom. The molecule has 0 aliphatic carbocycles. The van der Waals surface area contributed by atoms with E-state index in [-0.39, 0.29) is 0 Å². The molecule has 1 heterocycles. The Balaban J connectivity index is 2.41. The van der Waals surface area contributed by atoms with E-state index < -0.39 is 0 Å². The van der Waals surface area contributed by atoms with Crippen LogP contribution in [0.4, 0.5) is 5.69 Å². The lowest BCUT2D eigenvalue weighted by atomic mass is 9.99. The molecule has 106 valence electrons. The number of nitrogens with two attached hydrogens (primary N) is 1. The summed E-state index contributed by atoms with van der Waals surface area (Å²) in [6.07, 6.45) is 0. The molecule has 0 fully saturated rings. The summed E-state index contributed by atoms with van der Waals surface area (Å²) < 4.78 is 5.45. The quantitative estimate of drug-likeness (QED) is 0.767. The van der Waals surface area contributed by atoms with Gasteiger partial charge in [0.05, 0.1) is 12.8 Å². The number of ether oxygens (including phenoxy) is 1. The second kappa shape index (κ2) is 5.09. The molecule has 0 spiro atoms. The van der Waals surface area contributed by atoms with Gasteiger partial charge in [-0.1, -0.05) is 36.4 Å². The second-order valence-corrected chi connectivity index (χ2v) is 5.17. The van der Waals surface area contributed by atoms with Crippen LogP contribution < -0.4 is 10.5 Å². The van der Waals surface area contributed by atoms with Gasteiger partial charge in [-0.15, -0.1) is 0 Å². The Morgan fingerprint density at radius 2 is 1.71 bits per heavy atom. The average molecular weight is 278 g/mol. The third-order valence-corrected chi connectivity index (χ3v) is 3.87. The highest BCUT2D eigenvalue weighted by Gasteiger charge is 2.15. The molecule has 0 saturated heterocycles. The van der Waals surface area contributed by atoms with E-state index in [9.17, 15) is 0 Å². The van der Waals surface area contributed by atoms with E-state index in [0.29, 0.717) is 0 Å². The molecule has 3 heteroatoms. The molecule has 2 N–H and O–H groups in total. The summed E-state index contributed by atoms with van der Waals surface area (Å²) in [5.41, 5.74) is 12.1. The van der Waals surface area contributed by atoms with Crippen molar-refractivity contribution < 1.29 is 4.74 Å². The van der Waals surface area contributed by atoms with Gasteiger partial charge >= 0.3 is 0 Å². The summed E-state index contributed by atoms with van der Waals surface area (Å²) in [4.78, 5) is 4.83. The van der Waals surface area contributed by atoms with Crippen LogP contribution in [0.15, 0.2) is 42.5 Å². The van der Waals surface area contributed by atoms with Gasteiger partial charge in [0, 0.05) is 16.6 Å². The number of rotatable bonds is 2. The summed E-state index contributed by atoms with van der Waals surface area (Å²) in [6, 6.07) is 14.0. The highest BCUT2D eigenvalue weighted by molar-refractivity contribution is 6.00. The minimum Gasteiger partial charge on any atom is -0.494 e. The zero-order valence-corrected chi connectivity index (χ0v) is 12.5. The van der Waals surface area contributed by atoms with E-state index >= 15 is 0 Å². The molecule has 0 unspecified atom stereocenters. The predicted octanol–water partition coefficient (Wildman–Crippen LogP) is 4.11. The Morgan fingerprint density at radius 1 is 1.00 bits per heavy atom. The van der Waals surface area contributed by atoms with Crippen LogP contribution in [0, 0.1) is 13.8 Å². The number of fused-ring (bicyclic) bond motifs is 1. The van der Waals surface area contributed by atoms with Crippen molar-refractivity contribution in [2.75, 3.05) is 12.8 Å². The van der Waals surface area contributed by atoms with E-state index in [0.717, 1.165) is 44.7 Å². The number of methoxy groups -OCH3 is 1. The Bertz CT molecular complexity index is 811. The Labute approximate surface area is 124 Å². The van der Waals surface area contributed by atoms with Crippen LogP contribution >= 0.6 is 0 Å². The van der Waals surface area contributed by atoms with Crippen molar-refractivity contribution in [2.45, 2.75) is 13.8 Å². The fourth-order valence-corrected chi connectivity index (χ4v) is 2.68. The lowest BCUT2D eigenvalue weighted by Crippen LogP contribution is -2.01. The average Bonchev–Trinajstić information content (AvgIpc) is 2.51. The maximum atomic E-state index is 6.39. The third-order valence-electron chi connectivity index (χ3n) is 3.87.